The molecule has 0 spiro atoms. The summed E-state index contributed by atoms with van der Waals surface area (Å²) in [5.74, 6) is 1.45. The van der Waals surface area contributed by atoms with Crippen molar-refractivity contribution >= 4 is 22.5 Å². The average Bonchev–Trinajstić information content (AvgIpc) is 3.23. The summed E-state index contributed by atoms with van der Waals surface area (Å²) >= 11 is 6.21. The molecule has 0 bridgehead atoms. The minimum atomic E-state index is -0.295. The molecule has 112 valence electrons. The van der Waals surface area contributed by atoms with Crippen molar-refractivity contribution in [2.45, 2.75) is 18.9 Å². The van der Waals surface area contributed by atoms with Gasteiger partial charge in [-0.3, -0.25) is 9.89 Å². The molecule has 1 aliphatic rings. The largest absolute Gasteiger partial charge is 0.321 e. The first-order valence-corrected chi connectivity index (χ1v) is 7.51. The zero-order valence-electron chi connectivity index (χ0n) is 11.7. The number of hydrogen-bond acceptors (Lipinski definition) is 4. The van der Waals surface area contributed by atoms with Crippen LogP contribution in [0.25, 0.3) is 16.7 Å². The molecular formula is C15H14ClN5O. The third-order valence-corrected chi connectivity index (χ3v) is 4.34. The minimum Gasteiger partial charge on any atom is -0.321 e. The van der Waals surface area contributed by atoms with Crippen molar-refractivity contribution in [1.82, 2.24) is 19.7 Å². The first-order valence-electron chi connectivity index (χ1n) is 7.13. The molecule has 3 N–H and O–H groups in total. The van der Waals surface area contributed by atoms with E-state index in [9.17, 15) is 4.79 Å². The van der Waals surface area contributed by atoms with E-state index in [0.717, 1.165) is 12.8 Å². The standard InChI is InChI=1S/C15H14ClN5O/c16-10-3-1-2-9-13(10)19-14(12(17)8-4-5-8)21(15(9)22)11-6-7-18-20-11/h1-3,6-8,12H,4-5,17H2,(H,18,20)/t12-/m0/s1. The van der Waals surface area contributed by atoms with Crippen molar-refractivity contribution in [3.8, 4) is 5.82 Å². The predicted octanol–water partition coefficient (Wildman–Crippen LogP) is 2.17. The first kappa shape index (κ1) is 13.5. The summed E-state index contributed by atoms with van der Waals surface area (Å²) in [5.41, 5.74) is 6.62. The van der Waals surface area contributed by atoms with Gasteiger partial charge in [0.1, 0.15) is 11.6 Å². The Balaban J connectivity index is 2.08. The molecule has 1 atom stereocenters. The van der Waals surface area contributed by atoms with Crippen LogP contribution in [0.2, 0.25) is 5.02 Å². The fourth-order valence-electron chi connectivity index (χ4n) is 2.69. The van der Waals surface area contributed by atoms with Crippen LogP contribution in [-0.2, 0) is 0 Å². The Bertz CT molecular complexity index is 898. The number of aromatic amines is 1. The monoisotopic (exact) mass is 315 g/mol. The highest BCUT2D eigenvalue weighted by Gasteiger charge is 2.33. The fourth-order valence-corrected chi connectivity index (χ4v) is 2.90. The van der Waals surface area contributed by atoms with Gasteiger partial charge >= 0.3 is 0 Å². The molecule has 1 aliphatic carbocycles. The van der Waals surface area contributed by atoms with Gasteiger partial charge in [-0.15, -0.1) is 0 Å². The summed E-state index contributed by atoms with van der Waals surface area (Å²) in [7, 11) is 0. The second-order valence-electron chi connectivity index (χ2n) is 5.55. The number of nitrogens with one attached hydrogen (secondary N) is 1. The molecule has 0 saturated heterocycles. The molecule has 1 aromatic carbocycles. The molecule has 2 aromatic heterocycles. The number of halogens is 1. The van der Waals surface area contributed by atoms with Crippen LogP contribution in [0.15, 0.2) is 35.3 Å². The Hall–Kier alpha value is -2.18. The number of H-pyrrole nitrogens is 1. The number of fused-ring (bicyclic) bond motifs is 1. The van der Waals surface area contributed by atoms with E-state index in [-0.39, 0.29) is 11.6 Å². The van der Waals surface area contributed by atoms with Gasteiger partial charge in [0.25, 0.3) is 5.56 Å². The van der Waals surface area contributed by atoms with Gasteiger partial charge in [-0.05, 0) is 30.9 Å². The molecule has 7 heteroatoms. The highest BCUT2D eigenvalue weighted by molar-refractivity contribution is 6.34. The number of hydrogen-bond donors (Lipinski definition) is 2. The number of nitrogens with zero attached hydrogens (tertiary/aromatic N) is 3. The first-order chi connectivity index (χ1) is 10.7. The van der Waals surface area contributed by atoms with Crippen molar-refractivity contribution in [3.05, 3.63) is 51.7 Å². The summed E-state index contributed by atoms with van der Waals surface area (Å²) in [5, 5.41) is 7.65. The molecule has 6 nitrogen and oxygen atoms in total. The molecule has 0 radical (unpaired) electrons. The van der Waals surface area contributed by atoms with E-state index in [0.29, 0.717) is 33.5 Å². The molecule has 1 saturated carbocycles. The normalized spacial score (nSPS) is 16.1. The van der Waals surface area contributed by atoms with Gasteiger partial charge in [0.15, 0.2) is 0 Å². The van der Waals surface area contributed by atoms with Crippen LogP contribution in [0.3, 0.4) is 0 Å². The fraction of sp³-hybridized carbons (Fsp3) is 0.267. The van der Waals surface area contributed by atoms with Crippen molar-refractivity contribution < 1.29 is 0 Å². The summed E-state index contributed by atoms with van der Waals surface area (Å²) in [6.07, 6.45) is 3.71. The van der Waals surface area contributed by atoms with Gasteiger partial charge < -0.3 is 5.73 Å². The third kappa shape index (κ3) is 2.03. The maximum atomic E-state index is 12.9. The second kappa shape index (κ2) is 4.93. The van der Waals surface area contributed by atoms with Gasteiger partial charge in [-0.1, -0.05) is 17.7 Å². The van der Waals surface area contributed by atoms with Crippen LogP contribution in [0.1, 0.15) is 24.7 Å². The molecule has 0 amide bonds. The van der Waals surface area contributed by atoms with E-state index < -0.39 is 0 Å². The summed E-state index contributed by atoms with van der Waals surface area (Å²) in [4.78, 5) is 17.5. The van der Waals surface area contributed by atoms with Crippen LogP contribution in [0.5, 0.6) is 0 Å². The molecule has 0 aliphatic heterocycles. The molecule has 0 unspecified atom stereocenters. The molecular weight excluding hydrogens is 302 g/mol. The Morgan fingerprint density at radius 2 is 2.18 bits per heavy atom. The van der Waals surface area contributed by atoms with E-state index in [1.54, 1.807) is 30.5 Å². The van der Waals surface area contributed by atoms with Crippen LogP contribution in [-0.4, -0.2) is 19.7 Å². The van der Waals surface area contributed by atoms with E-state index in [1.807, 2.05) is 0 Å². The van der Waals surface area contributed by atoms with Gasteiger partial charge in [-0.25, -0.2) is 9.55 Å². The lowest BCUT2D eigenvalue weighted by atomic mass is 10.1. The summed E-state index contributed by atoms with van der Waals surface area (Å²) in [6.45, 7) is 0. The maximum absolute atomic E-state index is 12.9. The van der Waals surface area contributed by atoms with Gasteiger partial charge in [-0.2, -0.15) is 5.10 Å². The zero-order valence-corrected chi connectivity index (χ0v) is 12.4. The number of rotatable bonds is 3. The van der Waals surface area contributed by atoms with Crippen LogP contribution in [0.4, 0.5) is 0 Å². The van der Waals surface area contributed by atoms with Crippen molar-refractivity contribution in [2.75, 3.05) is 0 Å². The topological polar surface area (TPSA) is 89.6 Å². The average molecular weight is 316 g/mol. The number of benzene rings is 1. The maximum Gasteiger partial charge on any atom is 0.267 e. The summed E-state index contributed by atoms with van der Waals surface area (Å²) in [6, 6.07) is 6.62. The molecule has 1 fully saturated rings. The lowest BCUT2D eigenvalue weighted by Crippen LogP contribution is -2.29. The molecule has 2 heterocycles. The van der Waals surface area contributed by atoms with Gasteiger partial charge in [0.05, 0.1) is 28.2 Å². The van der Waals surface area contributed by atoms with Gasteiger partial charge in [0, 0.05) is 6.07 Å². The number of para-hydroxylation sites is 1. The number of nitrogens with two attached hydrogens (primary N) is 1. The highest BCUT2D eigenvalue weighted by atomic mass is 35.5. The Kier molecular flexibility index (Phi) is 3.02. The van der Waals surface area contributed by atoms with E-state index in [2.05, 4.69) is 15.2 Å². The Labute approximate surface area is 130 Å². The van der Waals surface area contributed by atoms with Crippen molar-refractivity contribution in [3.63, 3.8) is 0 Å². The lowest BCUT2D eigenvalue weighted by molar-refractivity contribution is 0.571. The highest BCUT2D eigenvalue weighted by Crippen LogP contribution is 2.39. The van der Waals surface area contributed by atoms with E-state index >= 15 is 0 Å². The smallest absolute Gasteiger partial charge is 0.267 e. The molecule has 22 heavy (non-hydrogen) atoms. The van der Waals surface area contributed by atoms with E-state index in [1.165, 1.54) is 4.57 Å². The number of aromatic nitrogens is 4. The van der Waals surface area contributed by atoms with Crippen molar-refractivity contribution in [2.24, 2.45) is 11.7 Å². The van der Waals surface area contributed by atoms with Crippen molar-refractivity contribution in [1.29, 1.82) is 0 Å². The SMILES string of the molecule is N[C@H](c1nc2c(Cl)cccc2c(=O)n1-c1ccn[nH]1)C1CC1. The third-order valence-electron chi connectivity index (χ3n) is 4.03. The predicted molar refractivity (Wildman–Crippen MR) is 84.1 cm³/mol. The Morgan fingerprint density at radius 1 is 1.36 bits per heavy atom. The zero-order chi connectivity index (χ0) is 15.3. The van der Waals surface area contributed by atoms with Crippen LogP contribution >= 0.6 is 11.6 Å². The molecule has 3 aromatic rings. The lowest BCUT2D eigenvalue weighted by Gasteiger charge is -2.17. The van der Waals surface area contributed by atoms with Gasteiger partial charge in [0.2, 0.25) is 0 Å². The van der Waals surface area contributed by atoms with Crippen LogP contribution in [0, 0.1) is 5.92 Å². The van der Waals surface area contributed by atoms with E-state index in [4.69, 9.17) is 17.3 Å². The Morgan fingerprint density at radius 3 is 2.86 bits per heavy atom. The molecule has 4 rings (SSSR count). The minimum absolute atomic E-state index is 0.192. The second-order valence-corrected chi connectivity index (χ2v) is 5.96. The quantitative estimate of drug-likeness (QED) is 0.775. The van der Waals surface area contributed by atoms with Crippen LogP contribution < -0.4 is 11.3 Å². The summed E-state index contributed by atoms with van der Waals surface area (Å²) < 4.78 is 1.51.